The van der Waals surface area contributed by atoms with E-state index in [9.17, 15) is 4.79 Å². The van der Waals surface area contributed by atoms with Gasteiger partial charge in [0.2, 0.25) is 5.78 Å². The first-order chi connectivity index (χ1) is 8.79. The summed E-state index contributed by atoms with van der Waals surface area (Å²) in [6.45, 7) is 3.64. The number of nitrogens with one attached hydrogen (secondary N) is 1. The molecular formula is C14H10N2OS. The number of rotatable bonds is 3. The lowest BCUT2D eigenvalue weighted by atomic mass is 10.1. The summed E-state index contributed by atoms with van der Waals surface area (Å²) >= 11 is 1.34. The lowest BCUT2D eigenvalue weighted by Gasteiger charge is -1.94. The highest BCUT2D eigenvalue weighted by Gasteiger charge is 2.16. The third-order valence-corrected chi connectivity index (χ3v) is 3.62. The van der Waals surface area contributed by atoms with Gasteiger partial charge in [-0.3, -0.25) is 4.79 Å². The minimum absolute atomic E-state index is 0.0504. The first-order valence-corrected chi connectivity index (χ1v) is 6.36. The van der Waals surface area contributed by atoms with Crippen molar-refractivity contribution in [2.75, 3.05) is 0 Å². The second-order valence-electron chi connectivity index (χ2n) is 3.86. The van der Waals surface area contributed by atoms with E-state index in [1.807, 2.05) is 29.6 Å². The van der Waals surface area contributed by atoms with Crippen LogP contribution in [-0.4, -0.2) is 15.8 Å². The van der Waals surface area contributed by atoms with Crippen LogP contribution in [0.2, 0.25) is 0 Å². The largest absolute Gasteiger partial charge is 0.360 e. The summed E-state index contributed by atoms with van der Waals surface area (Å²) in [6, 6.07) is 7.74. The van der Waals surface area contributed by atoms with Crippen LogP contribution in [-0.2, 0) is 0 Å². The molecule has 88 valence electrons. The molecule has 2 heterocycles. The predicted molar refractivity (Wildman–Crippen MR) is 73.9 cm³/mol. The second kappa shape index (κ2) is 4.23. The quantitative estimate of drug-likeness (QED) is 0.727. The maximum Gasteiger partial charge on any atom is 0.223 e. The van der Waals surface area contributed by atoms with Gasteiger partial charge in [-0.2, -0.15) is 0 Å². The topological polar surface area (TPSA) is 45.8 Å². The molecule has 0 aliphatic heterocycles. The monoisotopic (exact) mass is 254 g/mol. The zero-order valence-corrected chi connectivity index (χ0v) is 10.3. The molecule has 3 aromatic rings. The molecule has 0 saturated carbocycles. The van der Waals surface area contributed by atoms with Crippen LogP contribution in [0.4, 0.5) is 0 Å². The normalized spacial score (nSPS) is 10.7. The number of hydrogen-bond donors (Lipinski definition) is 1. The van der Waals surface area contributed by atoms with Gasteiger partial charge >= 0.3 is 0 Å². The Hall–Kier alpha value is -2.20. The molecule has 0 fully saturated rings. The van der Waals surface area contributed by atoms with Gasteiger partial charge in [-0.25, -0.2) is 4.98 Å². The molecular weight excluding hydrogens is 244 g/mol. The average molecular weight is 254 g/mol. The summed E-state index contributed by atoms with van der Waals surface area (Å²) in [5.74, 6) is -0.0504. The average Bonchev–Trinajstić information content (AvgIpc) is 3.04. The van der Waals surface area contributed by atoms with E-state index in [1.54, 1.807) is 12.3 Å². The molecule has 18 heavy (non-hydrogen) atoms. The maximum absolute atomic E-state index is 12.3. The van der Waals surface area contributed by atoms with Crippen LogP contribution < -0.4 is 0 Å². The Kier molecular flexibility index (Phi) is 2.57. The van der Waals surface area contributed by atoms with E-state index >= 15 is 0 Å². The van der Waals surface area contributed by atoms with Gasteiger partial charge in [-0.1, -0.05) is 24.8 Å². The standard InChI is InChI=1S/C14H10N2OS/c1-2-9-8-18-14(16-9)13(17)11-7-15-12-6-4-3-5-10(11)12/h2-8,15H,1H2. The molecule has 1 aromatic carbocycles. The maximum atomic E-state index is 12.3. The Morgan fingerprint density at radius 2 is 2.22 bits per heavy atom. The van der Waals surface area contributed by atoms with Crippen molar-refractivity contribution in [3.8, 4) is 0 Å². The number of hydrogen-bond acceptors (Lipinski definition) is 3. The van der Waals surface area contributed by atoms with E-state index in [0.717, 1.165) is 16.6 Å². The highest BCUT2D eigenvalue weighted by molar-refractivity contribution is 7.12. The number of para-hydroxylation sites is 1. The lowest BCUT2D eigenvalue weighted by molar-refractivity contribution is 0.104. The summed E-state index contributed by atoms with van der Waals surface area (Å²) in [5.41, 5.74) is 2.36. The third-order valence-electron chi connectivity index (χ3n) is 2.76. The van der Waals surface area contributed by atoms with Gasteiger partial charge in [0.1, 0.15) is 0 Å². The van der Waals surface area contributed by atoms with Crippen LogP contribution in [0.25, 0.3) is 17.0 Å². The molecule has 2 aromatic heterocycles. The Balaban J connectivity index is 2.09. The van der Waals surface area contributed by atoms with Crippen molar-refractivity contribution in [2.24, 2.45) is 0 Å². The number of ketones is 1. The molecule has 0 spiro atoms. The summed E-state index contributed by atoms with van der Waals surface area (Å²) in [6.07, 6.45) is 3.38. The van der Waals surface area contributed by atoms with E-state index in [1.165, 1.54) is 11.3 Å². The van der Waals surface area contributed by atoms with Crippen LogP contribution in [0.5, 0.6) is 0 Å². The molecule has 0 bridgehead atoms. The van der Waals surface area contributed by atoms with Gasteiger partial charge in [-0.05, 0) is 12.1 Å². The van der Waals surface area contributed by atoms with E-state index in [4.69, 9.17) is 0 Å². The number of aromatic nitrogens is 2. The molecule has 4 heteroatoms. The summed E-state index contributed by atoms with van der Waals surface area (Å²) in [4.78, 5) is 19.7. The lowest BCUT2D eigenvalue weighted by Crippen LogP contribution is -1.99. The molecule has 0 amide bonds. The number of H-pyrrole nitrogens is 1. The Morgan fingerprint density at radius 1 is 1.39 bits per heavy atom. The number of benzene rings is 1. The fourth-order valence-corrected chi connectivity index (χ4v) is 2.62. The van der Waals surface area contributed by atoms with Crippen LogP contribution in [0.1, 0.15) is 21.1 Å². The fourth-order valence-electron chi connectivity index (χ4n) is 1.86. The van der Waals surface area contributed by atoms with Gasteiger partial charge in [-0.15, -0.1) is 11.3 Å². The minimum Gasteiger partial charge on any atom is -0.360 e. The molecule has 0 radical (unpaired) electrons. The Labute approximate surface area is 108 Å². The first-order valence-electron chi connectivity index (χ1n) is 5.48. The minimum atomic E-state index is -0.0504. The SMILES string of the molecule is C=Cc1csc(C(=O)c2c[nH]c3ccccc23)n1. The molecule has 0 atom stereocenters. The predicted octanol–water partition coefficient (Wildman–Crippen LogP) is 3.50. The van der Waals surface area contributed by atoms with E-state index in [2.05, 4.69) is 16.5 Å². The van der Waals surface area contributed by atoms with Crippen LogP contribution >= 0.6 is 11.3 Å². The van der Waals surface area contributed by atoms with E-state index in [0.29, 0.717) is 10.6 Å². The first kappa shape index (κ1) is 10.9. The molecule has 0 saturated heterocycles. The smallest absolute Gasteiger partial charge is 0.223 e. The highest BCUT2D eigenvalue weighted by Crippen LogP contribution is 2.22. The number of thiazole rings is 1. The van der Waals surface area contributed by atoms with Crippen molar-refractivity contribution in [2.45, 2.75) is 0 Å². The summed E-state index contributed by atoms with van der Waals surface area (Å²) in [5, 5.41) is 3.25. The molecule has 3 nitrogen and oxygen atoms in total. The van der Waals surface area contributed by atoms with Gasteiger partial charge in [0.25, 0.3) is 0 Å². The van der Waals surface area contributed by atoms with E-state index < -0.39 is 0 Å². The van der Waals surface area contributed by atoms with Gasteiger partial charge in [0.15, 0.2) is 5.01 Å². The van der Waals surface area contributed by atoms with Crippen LogP contribution in [0.15, 0.2) is 42.4 Å². The summed E-state index contributed by atoms with van der Waals surface area (Å²) < 4.78 is 0. The summed E-state index contributed by atoms with van der Waals surface area (Å²) in [7, 11) is 0. The van der Waals surface area contributed by atoms with Gasteiger partial charge in [0.05, 0.1) is 11.3 Å². The number of fused-ring (bicyclic) bond motifs is 1. The molecule has 0 aliphatic rings. The zero-order valence-electron chi connectivity index (χ0n) is 9.51. The number of carbonyl (C=O) groups is 1. The van der Waals surface area contributed by atoms with Gasteiger partial charge < -0.3 is 4.98 Å². The van der Waals surface area contributed by atoms with Crippen molar-refractivity contribution in [1.29, 1.82) is 0 Å². The Morgan fingerprint density at radius 3 is 3.00 bits per heavy atom. The van der Waals surface area contributed by atoms with E-state index in [-0.39, 0.29) is 5.78 Å². The van der Waals surface area contributed by atoms with Crippen LogP contribution in [0.3, 0.4) is 0 Å². The molecule has 0 unspecified atom stereocenters. The van der Waals surface area contributed by atoms with Crippen molar-refractivity contribution in [3.05, 3.63) is 58.7 Å². The van der Waals surface area contributed by atoms with Crippen molar-refractivity contribution >= 4 is 34.1 Å². The fraction of sp³-hybridized carbons (Fsp3) is 0. The van der Waals surface area contributed by atoms with Gasteiger partial charge in [0, 0.05) is 22.5 Å². The molecule has 0 aliphatic carbocycles. The van der Waals surface area contributed by atoms with Crippen molar-refractivity contribution < 1.29 is 4.79 Å². The third kappa shape index (κ3) is 1.67. The second-order valence-corrected chi connectivity index (χ2v) is 4.72. The van der Waals surface area contributed by atoms with Crippen LogP contribution in [0, 0.1) is 0 Å². The van der Waals surface area contributed by atoms with Crippen molar-refractivity contribution in [3.63, 3.8) is 0 Å². The number of aromatic amines is 1. The Bertz CT molecular complexity index is 739. The number of nitrogens with zero attached hydrogens (tertiary/aromatic N) is 1. The molecule has 3 rings (SSSR count). The number of carbonyl (C=O) groups excluding carboxylic acids is 1. The molecule has 1 N–H and O–H groups in total. The highest BCUT2D eigenvalue weighted by atomic mass is 32.1. The zero-order chi connectivity index (χ0) is 12.5. The van der Waals surface area contributed by atoms with Crippen molar-refractivity contribution in [1.82, 2.24) is 9.97 Å².